The third kappa shape index (κ3) is 4.22. The van der Waals surface area contributed by atoms with Crippen molar-refractivity contribution in [3.63, 3.8) is 0 Å². The molecule has 1 aliphatic carbocycles. The summed E-state index contributed by atoms with van der Waals surface area (Å²) in [7, 11) is 0. The summed E-state index contributed by atoms with van der Waals surface area (Å²) in [6.07, 6.45) is 2.80. The molecular weight excluding hydrogens is 234 g/mol. The second kappa shape index (κ2) is 5.76. The van der Waals surface area contributed by atoms with E-state index in [9.17, 15) is 4.79 Å². The molecule has 0 spiro atoms. The predicted molar refractivity (Wildman–Crippen MR) is 72.3 cm³/mol. The number of hydrogen-bond acceptors (Lipinski definition) is 3. The SMILES string of the molecule is CC(C)[C@H]1CSC(=NCCC(=O)NC2CC2)N1. The molecule has 0 aromatic rings. The minimum atomic E-state index is 0.139. The lowest BCUT2D eigenvalue weighted by molar-refractivity contribution is -0.121. The molecule has 0 bridgehead atoms. The van der Waals surface area contributed by atoms with Gasteiger partial charge < -0.3 is 10.6 Å². The zero-order valence-electron chi connectivity index (χ0n) is 10.5. The fourth-order valence-corrected chi connectivity index (χ4v) is 2.87. The number of rotatable bonds is 5. The molecule has 0 aromatic carbocycles. The smallest absolute Gasteiger partial charge is 0.222 e. The topological polar surface area (TPSA) is 53.5 Å². The van der Waals surface area contributed by atoms with Crippen LogP contribution in [0.1, 0.15) is 33.1 Å². The van der Waals surface area contributed by atoms with Crippen molar-refractivity contribution in [3.05, 3.63) is 0 Å². The Morgan fingerprint density at radius 1 is 1.59 bits per heavy atom. The molecule has 0 unspecified atom stereocenters. The molecule has 96 valence electrons. The number of nitrogens with one attached hydrogen (secondary N) is 2. The molecule has 2 fully saturated rings. The molecule has 2 N–H and O–H groups in total. The van der Waals surface area contributed by atoms with E-state index in [0.29, 0.717) is 31.0 Å². The lowest BCUT2D eigenvalue weighted by Gasteiger charge is -2.13. The van der Waals surface area contributed by atoms with Gasteiger partial charge in [0.1, 0.15) is 0 Å². The Bertz CT molecular complexity index is 313. The highest BCUT2D eigenvalue weighted by Crippen LogP contribution is 2.19. The Hall–Kier alpha value is -0.710. The highest BCUT2D eigenvalue weighted by molar-refractivity contribution is 8.14. The molecule has 5 heteroatoms. The molecule has 1 atom stereocenters. The average molecular weight is 255 g/mol. The van der Waals surface area contributed by atoms with Gasteiger partial charge in [0.2, 0.25) is 5.91 Å². The molecule has 1 saturated heterocycles. The minimum absolute atomic E-state index is 0.139. The van der Waals surface area contributed by atoms with Crippen molar-refractivity contribution in [2.45, 2.75) is 45.2 Å². The Morgan fingerprint density at radius 3 is 2.94 bits per heavy atom. The number of thioether (sulfide) groups is 1. The lowest BCUT2D eigenvalue weighted by Crippen LogP contribution is -2.32. The molecule has 1 heterocycles. The molecule has 0 aromatic heterocycles. The van der Waals surface area contributed by atoms with Crippen LogP contribution in [0.5, 0.6) is 0 Å². The number of aliphatic imine (C=N–C) groups is 1. The number of amides is 1. The summed E-state index contributed by atoms with van der Waals surface area (Å²) in [6.45, 7) is 5.02. The van der Waals surface area contributed by atoms with Crippen LogP contribution in [0.2, 0.25) is 0 Å². The molecule has 0 radical (unpaired) electrons. The number of nitrogens with zero attached hydrogens (tertiary/aromatic N) is 1. The highest BCUT2D eigenvalue weighted by atomic mass is 32.2. The zero-order valence-corrected chi connectivity index (χ0v) is 11.3. The first-order valence-corrected chi connectivity index (χ1v) is 7.37. The van der Waals surface area contributed by atoms with E-state index >= 15 is 0 Å². The summed E-state index contributed by atoms with van der Waals surface area (Å²) in [5.74, 6) is 1.86. The predicted octanol–water partition coefficient (Wildman–Crippen LogP) is 1.37. The quantitative estimate of drug-likeness (QED) is 0.780. The summed E-state index contributed by atoms with van der Waals surface area (Å²) in [4.78, 5) is 15.9. The molecule has 1 saturated carbocycles. The van der Waals surface area contributed by atoms with Crippen molar-refractivity contribution >= 4 is 22.8 Å². The van der Waals surface area contributed by atoms with Gasteiger partial charge in [-0.25, -0.2) is 0 Å². The van der Waals surface area contributed by atoms with Crippen LogP contribution in [0.4, 0.5) is 0 Å². The molecule has 1 aliphatic heterocycles. The second-order valence-electron chi connectivity index (χ2n) is 5.08. The van der Waals surface area contributed by atoms with Crippen LogP contribution in [-0.2, 0) is 4.79 Å². The van der Waals surface area contributed by atoms with E-state index in [4.69, 9.17) is 0 Å². The van der Waals surface area contributed by atoms with Crippen LogP contribution in [0, 0.1) is 5.92 Å². The monoisotopic (exact) mass is 255 g/mol. The van der Waals surface area contributed by atoms with Crippen molar-refractivity contribution in [1.29, 1.82) is 0 Å². The molecule has 2 rings (SSSR count). The third-order valence-corrected chi connectivity index (χ3v) is 4.10. The van der Waals surface area contributed by atoms with Crippen molar-refractivity contribution in [1.82, 2.24) is 10.6 Å². The van der Waals surface area contributed by atoms with E-state index in [1.165, 1.54) is 0 Å². The summed E-state index contributed by atoms with van der Waals surface area (Å²) >= 11 is 1.76. The average Bonchev–Trinajstić information content (AvgIpc) is 2.94. The maximum Gasteiger partial charge on any atom is 0.222 e. The molecule has 4 nitrogen and oxygen atoms in total. The Morgan fingerprint density at radius 2 is 2.35 bits per heavy atom. The zero-order chi connectivity index (χ0) is 12.3. The van der Waals surface area contributed by atoms with Crippen LogP contribution < -0.4 is 10.6 Å². The summed E-state index contributed by atoms with van der Waals surface area (Å²) in [5, 5.41) is 7.37. The van der Waals surface area contributed by atoms with Gasteiger partial charge in [0, 0.05) is 24.3 Å². The van der Waals surface area contributed by atoms with E-state index in [-0.39, 0.29) is 5.91 Å². The van der Waals surface area contributed by atoms with E-state index < -0.39 is 0 Å². The van der Waals surface area contributed by atoms with E-state index in [2.05, 4.69) is 29.5 Å². The van der Waals surface area contributed by atoms with E-state index in [1.54, 1.807) is 11.8 Å². The van der Waals surface area contributed by atoms with Crippen molar-refractivity contribution < 1.29 is 4.79 Å². The highest BCUT2D eigenvalue weighted by Gasteiger charge is 2.24. The summed E-state index contributed by atoms with van der Waals surface area (Å²) in [5.41, 5.74) is 0. The van der Waals surface area contributed by atoms with Crippen LogP contribution in [-0.4, -0.2) is 35.5 Å². The minimum Gasteiger partial charge on any atom is -0.361 e. The maximum atomic E-state index is 11.4. The van der Waals surface area contributed by atoms with Gasteiger partial charge in [0.25, 0.3) is 0 Å². The van der Waals surface area contributed by atoms with E-state index in [0.717, 1.165) is 23.8 Å². The van der Waals surface area contributed by atoms with Gasteiger partial charge in [0.05, 0.1) is 6.54 Å². The summed E-state index contributed by atoms with van der Waals surface area (Å²) in [6, 6.07) is 0.985. The van der Waals surface area contributed by atoms with Gasteiger partial charge in [-0.15, -0.1) is 0 Å². The fourth-order valence-electron chi connectivity index (χ4n) is 1.65. The van der Waals surface area contributed by atoms with Gasteiger partial charge in [-0.3, -0.25) is 9.79 Å². The van der Waals surface area contributed by atoms with Gasteiger partial charge >= 0.3 is 0 Å². The number of amidine groups is 1. The maximum absolute atomic E-state index is 11.4. The first-order chi connectivity index (χ1) is 8.15. The Labute approximate surface area is 107 Å². The Balaban J connectivity index is 1.65. The number of hydrogen-bond donors (Lipinski definition) is 2. The van der Waals surface area contributed by atoms with Crippen molar-refractivity contribution in [2.75, 3.05) is 12.3 Å². The molecule has 1 amide bonds. The van der Waals surface area contributed by atoms with Crippen LogP contribution in [0.15, 0.2) is 4.99 Å². The largest absolute Gasteiger partial charge is 0.361 e. The normalized spacial score (nSPS) is 26.3. The van der Waals surface area contributed by atoms with Gasteiger partial charge in [-0.05, 0) is 18.8 Å². The van der Waals surface area contributed by atoms with Crippen molar-refractivity contribution in [2.24, 2.45) is 10.9 Å². The number of carbonyl (C=O) groups is 1. The fraction of sp³-hybridized carbons (Fsp3) is 0.833. The number of carbonyl (C=O) groups excluding carboxylic acids is 1. The van der Waals surface area contributed by atoms with Crippen LogP contribution in [0.3, 0.4) is 0 Å². The standard InChI is InChI=1S/C12H21N3OS/c1-8(2)10-7-17-12(15-10)13-6-5-11(16)14-9-3-4-9/h8-10H,3-7H2,1-2H3,(H,13,15)(H,14,16)/t10-/m1/s1. The lowest BCUT2D eigenvalue weighted by atomic mass is 10.1. The first kappa shape index (κ1) is 12.7. The summed E-state index contributed by atoms with van der Waals surface area (Å²) < 4.78 is 0. The third-order valence-electron chi connectivity index (χ3n) is 3.05. The Kier molecular flexibility index (Phi) is 4.31. The van der Waals surface area contributed by atoms with Gasteiger partial charge in [-0.1, -0.05) is 25.6 Å². The van der Waals surface area contributed by atoms with E-state index in [1.807, 2.05) is 0 Å². The van der Waals surface area contributed by atoms with Crippen LogP contribution in [0.25, 0.3) is 0 Å². The van der Waals surface area contributed by atoms with Crippen LogP contribution >= 0.6 is 11.8 Å². The second-order valence-corrected chi connectivity index (χ2v) is 6.09. The van der Waals surface area contributed by atoms with Gasteiger partial charge in [0.15, 0.2) is 5.17 Å². The molecular formula is C12H21N3OS. The molecule has 17 heavy (non-hydrogen) atoms. The first-order valence-electron chi connectivity index (χ1n) is 6.38. The molecule has 2 aliphatic rings. The van der Waals surface area contributed by atoms with Crippen molar-refractivity contribution in [3.8, 4) is 0 Å². The van der Waals surface area contributed by atoms with Gasteiger partial charge in [-0.2, -0.15) is 0 Å².